The molecule has 1 aliphatic rings. The predicted molar refractivity (Wildman–Crippen MR) is 104 cm³/mol. The molecular weight excluding hydrogens is 312 g/mol. The predicted octanol–water partition coefficient (Wildman–Crippen LogP) is 3.93. The summed E-state index contributed by atoms with van der Waals surface area (Å²) < 4.78 is 0. The Morgan fingerprint density at radius 2 is 1.96 bits per heavy atom. The van der Waals surface area contributed by atoms with E-state index in [1.54, 1.807) is 0 Å². The number of rotatable bonds is 6. The molecule has 0 spiro atoms. The molecule has 1 aromatic carbocycles. The summed E-state index contributed by atoms with van der Waals surface area (Å²) in [5, 5.41) is 13.3. The first-order valence-electron chi connectivity index (χ1n) is 9.60. The molecule has 3 atom stereocenters. The Morgan fingerprint density at radius 3 is 2.60 bits per heavy atom. The second-order valence-corrected chi connectivity index (χ2v) is 7.91. The number of aryl methyl sites for hydroxylation is 1. The SMILES string of the molecule is Cc1cccc(C(C)C)c1NC(=O)C(C)N(C)CC1CCCCC1O. The smallest absolute Gasteiger partial charge is 0.241 e. The minimum absolute atomic E-state index is 0.0176. The lowest BCUT2D eigenvalue weighted by molar-refractivity contribution is -0.120. The molecule has 2 rings (SSSR count). The van der Waals surface area contributed by atoms with Crippen molar-refractivity contribution >= 4 is 11.6 Å². The Labute approximate surface area is 152 Å². The molecule has 1 aliphatic carbocycles. The number of hydrogen-bond donors (Lipinski definition) is 2. The number of likely N-dealkylation sites (N-methyl/N-ethyl adjacent to an activating group) is 1. The van der Waals surface area contributed by atoms with Gasteiger partial charge in [0.05, 0.1) is 12.1 Å². The van der Waals surface area contributed by atoms with E-state index in [0.717, 1.165) is 37.1 Å². The van der Waals surface area contributed by atoms with Crippen molar-refractivity contribution in [2.24, 2.45) is 5.92 Å². The fourth-order valence-corrected chi connectivity index (χ4v) is 3.70. The number of aliphatic hydroxyl groups is 1. The number of nitrogens with one attached hydrogen (secondary N) is 1. The molecule has 0 saturated heterocycles. The first-order valence-corrected chi connectivity index (χ1v) is 9.60. The first-order chi connectivity index (χ1) is 11.8. The third-order valence-electron chi connectivity index (χ3n) is 5.61. The van der Waals surface area contributed by atoms with Crippen LogP contribution in [0.5, 0.6) is 0 Å². The molecule has 0 aliphatic heterocycles. The third-order valence-corrected chi connectivity index (χ3v) is 5.61. The molecule has 1 saturated carbocycles. The van der Waals surface area contributed by atoms with Gasteiger partial charge in [-0.05, 0) is 56.7 Å². The maximum Gasteiger partial charge on any atom is 0.241 e. The van der Waals surface area contributed by atoms with Crippen molar-refractivity contribution in [3.8, 4) is 0 Å². The Balaban J connectivity index is 2.02. The molecule has 0 radical (unpaired) electrons. The van der Waals surface area contributed by atoms with E-state index >= 15 is 0 Å². The Morgan fingerprint density at radius 1 is 1.28 bits per heavy atom. The maximum atomic E-state index is 12.8. The van der Waals surface area contributed by atoms with E-state index in [-0.39, 0.29) is 24.0 Å². The van der Waals surface area contributed by atoms with Crippen molar-refractivity contribution in [2.75, 3.05) is 18.9 Å². The van der Waals surface area contributed by atoms with Crippen LogP contribution in [0.1, 0.15) is 63.5 Å². The van der Waals surface area contributed by atoms with Crippen molar-refractivity contribution in [1.82, 2.24) is 4.90 Å². The van der Waals surface area contributed by atoms with Gasteiger partial charge in [-0.25, -0.2) is 0 Å². The molecule has 2 N–H and O–H groups in total. The largest absolute Gasteiger partial charge is 0.393 e. The monoisotopic (exact) mass is 346 g/mol. The van der Waals surface area contributed by atoms with Crippen LogP contribution in [0.4, 0.5) is 5.69 Å². The summed E-state index contributed by atoms with van der Waals surface area (Å²) in [5.74, 6) is 0.656. The van der Waals surface area contributed by atoms with Crippen molar-refractivity contribution < 1.29 is 9.90 Å². The molecule has 3 unspecified atom stereocenters. The molecule has 0 heterocycles. The summed E-state index contributed by atoms with van der Waals surface area (Å²) in [6.07, 6.45) is 4.00. The van der Waals surface area contributed by atoms with Gasteiger partial charge in [-0.15, -0.1) is 0 Å². The van der Waals surface area contributed by atoms with Gasteiger partial charge in [0.2, 0.25) is 5.91 Å². The van der Waals surface area contributed by atoms with Crippen molar-refractivity contribution in [3.63, 3.8) is 0 Å². The van der Waals surface area contributed by atoms with Crippen LogP contribution in [0, 0.1) is 12.8 Å². The minimum Gasteiger partial charge on any atom is -0.393 e. The number of amides is 1. The maximum absolute atomic E-state index is 12.8. The van der Waals surface area contributed by atoms with Gasteiger partial charge >= 0.3 is 0 Å². The lowest BCUT2D eigenvalue weighted by Crippen LogP contribution is -2.44. The highest BCUT2D eigenvalue weighted by Crippen LogP contribution is 2.28. The number of anilines is 1. The third kappa shape index (κ3) is 5.05. The Hall–Kier alpha value is -1.39. The van der Waals surface area contributed by atoms with E-state index in [0.29, 0.717) is 5.92 Å². The zero-order valence-electron chi connectivity index (χ0n) is 16.4. The molecule has 140 valence electrons. The second-order valence-electron chi connectivity index (χ2n) is 7.91. The van der Waals surface area contributed by atoms with Crippen LogP contribution in [-0.2, 0) is 4.79 Å². The minimum atomic E-state index is -0.228. The van der Waals surface area contributed by atoms with Crippen LogP contribution in [0.3, 0.4) is 0 Å². The lowest BCUT2D eigenvalue weighted by Gasteiger charge is -2.33. The normalized spacial score (nSPS) is 22.2. The lowest BCUT2D eigenvalue weighted by atomic mass is 9.86. The van der Waals surface area contributed by atoms with Gasteiger partial charge in [-0.2, -0.15) is 0 Å². The van der Waals surface area contributed by atoms with Crippen LogP contribution in [-0.4, -0.2) is 41.7 Å². The van der Waals surface area contributed by atoms with Crippen LogP contribution >= 0.6 is 0 Å². The van der Waals surface area contributed by atoms with Gasteiger partial charge in [0.25, 0.3) is 0 Å². The summed E-state index contributed by atoms with van der Waals surface area (Å²) in [4.78, 5) is 14.9. The standard InChI is InChI=1S/C21H34N2O2/c1-14(2)18-11-8-9-15(3)20(18)22-21(25)16(4)23(5)13-17-10-6-7-12-19(17)24/h8-9,11,14,16-17,19,24H,6-7,10,12-13H2,1-5H3,(H,22,25). The molecule has 1 amide bonds. The van der Waals surface area contributed by atoms with E-state index in [1.807, 2.05) is 33.0 Å². The Bertz CT molecular complexity index is 585. The van der Waals surface area contributed by atoms with Crippen molar-refractivity contribution in [1.29, 1.82) is 0 Å². The van der Waals surface area contributed by atoms with Crippen molar-refractivity contribution in [3.05, 3.63) is 29.3 Å². The van der Waals surface area contributed by atoms with Gasteiger partial charge in [-0.1, -0.05) is 44.9 Å². The van der Waals surface area contributed by atoms with Crippen LogP contribution in [0.25, 0.3) is 0 Å². The number of nitrogens with zero attached hydrogens (tertiary/aromatic N) is 1. The van der Waals surface area contributed by atoms with Crippen LogP contribution in [0.15, 0.2) is 18.2 Å². The highest BCUT2D eigenvalue weighted by Gasteiger charge is 2.27. The van der Waals surface area contributed by atoms with E-state index in [1.165, 1.54) is 12.0 Å². The molecule has 4 heteroatoms. The zero-order valence-corrected chi connectivity index (χ0v) is 16.4. The van der Waals surface area contributed by atoms with Gasteiger partial charge in [0, 0.05) is 12.2 Å². The topological polar surface area (TPSA) is 52.6 Å². The van der Waals surface area contributed by atoms with Gasteiger partial charge in [0.15, 0.2) is 0 Å². The Kier molecular flexibility index (Phi) is 7.03. The summed E-state index contributed by atoms with van der Waals surface area (Å²) in [6.45, 7) is 9.03. The quantitative estimate of drug-likeness (QED) is 0.820. The van der Waals surface area contributed by atoms with Crippen LogP contribution in [0.2, 0.25) is 0 Å². The van der Waals surface area contributed by atoms with Crippen molar-refractivity contribution in [2.45, 2.75) is 71.4 Å². The van der Waals surface area contributed by atoms with Crippen LogP contribution < -0.4 is 5.32 Å². The zero-order chi connectivity index (χ0) is 18.6. The van der Waals surface area contributed by atoms with Gasteiger partial charge in [-0.3, -0.25) is 9.69 Å². The summed E-state index contributed by atoms with van der Waals surface area (Å²) in [5.41, 5.74) is 3.21. The fourth-order valence-electron chi connectivity index (χ4n) is 3.70. The molecular formula is C21H34N2O2. The molecule has 0 bridgehead atoms. The average molecular weight is 347 g/mol. The fraction of sp³-hybridized carbons (Fsp3) is 0.667. The van der Waals surface area contributed by atoms with E-state index in [2.05, 4.69) is 30.1 Å². The number of hydrogen-bond acceptors (Lipinski definition) is 3. The number of carbonyl (C=O) groups is 1. The second kappa shape index (κ2) is 8.81. The number of para-hydroxylation sites is 1. The molecule has 0 aromatic heterocycles. The summed E-state index contributed by atoms with van der Waals surface area (Å²) in [6, 6.07) is 5.93. The first kappa shape index (κ1) is 19.9. The van der Waals surface area contributed by atoms with E-state index < -0.39 is 0 Å². The average Bonchev–Trinajstić information content (AvgIpc) is 2.57. The van der Waals surface area contributed by atoms with Gasteiger partial charge < -0.3 is 10.4 Å². The number of aliphatic hydroxyl groups excluding tert-OH is 1. The van der Waals surface area contributed by atoms with Gasteiger partial charge in [0.1, 0.15) is 0 Å². The number of benzene rings is 1. The molecule has 4 nitrogen and oxygen atoms in total. The molecule has 1 fully saturated rings. The molecule has 1 aromatic rings. The van der Waals surface area contributed by atoms with E-state index in [9.17, 15) is 9.90 Å². The summed E-state index contributed by atoms with van der Waals surface area (Å²) in [7, 11) is 1.98. The summed E-state index contributed by atoms with van der Waals surface area (Å²) >= 11 is 0. The number of carbonyl (C=O) groups excluding carboxylic acids is 1. The van der Waals surface area contributed by atoms with E-state index in [4.69, 9.17) is 0 Å². The highest BCUT2D eigenvalue weighted by atomic mass is 16.3. The highest BCUT2D eigenvalue weighted by molar-refractivity contribution is 5.96. The molecule has 25 heavy (non-hydrogen) atoms.